The van der Waals surface area contributed by atoms with E-state index in [9.17, 15) is 4.79 Å². The second-order valence-electron chi connectivity index (χ2n) is 7.98. The van der Waals surface area contributed by atoms with Crippen molar-refractivity contribution in [3.8, 4) is 0 Å². The number of rotatable bonds is 4. The summed E-state index contributed by atoms with van der Waals surface area (Å²) in [4.78, 5) is 12.9. The van der Waals surface area contributed by atoms with Gasteiger partial charge in [0.15, 0.2) is 0 Å². The van der Waals surface area contributed by atoms with Crippen molar-refractivity contribution in [2.24, 2.45) is 0 Å². The van der Waals surface area contributed by atoms with Crippen LogP contribution in [0.4, 0.5) is 5.69 Å². The van der Waals surface area contributed by atoms with E-state index >= 15 is 0 Å². The number of fused-ring (bicyclic) bond motifs is 4. The van der Waals surface area contributed by atoms with Crippen LogP contribution < -0.4 is 5.32 Å². The van der Waals surface area contributed by atoms with Gasteiger partial charge < -0.3 is 14.3 Å². The molecular formula is C26H23ClN2O2. The molecule has 5 aromatic rings. The molecule has 0 radical (unpaired) electrons. The van der Waals surface area contributed by atoms with Gasteiger partial charge in [-0.05, 0) is 62.2 Å². The van der Waals surface area contributed by atoms with E-state index in [0.717, 1.165) is 45.3 Å². The van der Waals surface area contributed by atoms with Gasteiger partial charge in [-0.2, -0.15) is 0 Å². The van der Waals surface area contributed by atoms with Crippen molar-refractivity contribution in [2.45, 2.75) is 33.7 Å². The summed E-state index contributed by atoms with van der Waals surface area (Å²) in [6.07, 6.45) is 1.88. The molecule has 0 bridgehead atoms. The van der Waals surface area contributed by atoms with Crippen LogP contribution in [0.15, 0.2) is 59.2 Å². The topological polar surface area (TPSA) is 47.2 Å². The molecule has 3 aromatic carbocycles. The second kappa shape index (κ2) is 7.47. The molecule has 0 atom stereocenters. The zero-order valence-corrected chi connectivity index (χ0v) is 18.5. The molecule has 5 rings (SSSR count). The largest absolute Gasteiger partial charge is 0.464 e. The number of para-hydroxylation sites is 1. The highest BCUT2D eigenvalue weighted by atomic mass is 35.5. The number of carbonyl (C=O) groups excluding carboxylic acids is 1. The molecule has 0 aliphatic carbocycles. The van der Waals surface area contributed by atoms with Crippen LogP contribution in [-0.2, 0) is 17.8 Å². The van der Waals surface area contributed by atoms with Crippen LogP contribution in [0.2, 0.25) is 5.02 Å². The van der Waals surface area contributed by atoms with Gasteiger partial charge in [0.2, 0.25) is 5.91 Å². The zero-order valence-electron chi connectivity index (χ0n) is 17.8. The second-order valence-corrected chi connectivity index (χ2v) is 8.36. The molecule has 2 heterocycles. The van der Waals surface area contributed by atoms with Crippen molar-refractivity contribution in [3.63, 3.8) is 0 Å². The first-order chi connectivity index (χ1) is 15.0. The van der Waals surface area contributed by atoms with E-state index in [1.54, 1.807) is 6.26 Å². The number of furan rings is 1. The van der Waals surface area contributed by atoms with Crippen molar-refractivity contribution in [2.75, 3.05) is 5.32 Å². The average molecular weight is 431 g/mol. The summed E-state index contributed by atoms with van der Waals surface area (Å²) < 4.78 is 7.99. The third-order valence-electron chi connectivity index (χ3n) is 6.02. The number of aromatic nitrogens is 1. The van der Waals surface area contributed by atoms with Gasteiger partial charge in [0.05, 0.1) is 12.7 Å². The van der Waals surface area contributed by atoms with Gasteiger partial charge in [-0.1, -0.05) is 29.8 Å². The van der Waals surface area contributed by atoms with Crippen molar-refractivity contribution >= 4 is 56.0 Å². The van der Waals surface area contributed by atoms with E-state index in [1.807, 2.05) is 32.0 Å². The molecule has 0 spiro atoms. The zero-order chi connectivity index (χ0) is 21.7. The van der Waals surface area contributed by atoms with Crippen LogP contribution in [0.25, 0.3) is 32.8 Å². The molecular weight excluding hydrogens is 408 g/mol. The van der Waals surface area contributed by atoms with Crippen molar-refractivity contribution in [3.05, 3.63) is 76.5 Å². The van der Waals surface area contributed by atoms with E-state index in [4.69, 9.17) is 16.0 Å². The highest BCUT2D eigenvalue weighted by Crippen LogP contribution is 2.33. The smallest absolute Gasteiger partial charge is 0.228 e. The molecule has 0 saturated carbocycles. The first-order valence-electron chi connectivity index (χ1n) is 10.4. The molecule has 1 amide bonds. The molecule has 5 heteroatoms. The summed E-state index contributed by atoms with van der Waals surface area (Å²) in [5.74, 6) is -0.0858. The highest BCUT2D eigenvalue weighted by molar-refractivity contribution is 6.33. The maximum Gasteiger partial charge on any atom is 0.228 e. The Balaban J connectivity index is 1.47. The van der Waals surface area contributed by atoms with Crippen LogP contribution in [0.3, 0.4) is 0 Å². The number of anilines is 1. The summed E-state index contributed by atoms with van der Waals surface area (Å²) >= 11 is 6.42. The van der Waals surface area contributed by atoms with Gasteiger partial charge in [0.25, 0.3) is 0 Å². The van der Waals surface area contributed by atoms with E-state index in [-0.39, 0.29) is 12.3 Å². The van der Waals surface area contributed by atoms with Gasteiger partial charge in [-0.25, -0.2) is 0 Å². The Bertz CT molecular complexity index is 1480. The summed E-state index contributed by atoms with van der Waals surface area (Å²) in [6, 6.07) is 16.4. The molecule has 156 valence electrons. The van der Waals surface area contributed by atoms with Crippen LogP contribution in [0.1, 0.15) is 23.6 Å². The fraction of sp³-hybridized carbons (Fsp3) is 0.192. The van der Waals surface area contributed by atoms with Gasteiger partial charge in [-0.15, -0.1) is 0 Å². The molecule has 2 aromatic heterocycles. The van der Waals surface area contributed by atoms with Gasteiger partial charge >= 0.3 is 0 Å². The molecule has 0 unspecified atom stereocenters. The number of carbonyl (C=O) groups is 1. The fourth-order valence-corrected chi connectivity index (χ4v) is 4.74. The lowest BCUT2D eigenvalue weighted by Crippen LogP contribution is -2.14. The standard InChI is InChI=1S/C26H23ClN2O2/c1-4-29-21-8-6-5-7-19(21)20-13-18(9-10-22(20)29)28-24(30)12-17-14-31-23-11-15(2)26(27)16(3)25(17)23/h5-11,13-14H,4,12H2,1-3H3,(H,28,30). The number of nitrogens with zero attached hydrogens (tertiary/aromatic N) is 1. The van der Waals surface area contributed by atoms with Crippen molar-refractivity contribution in [1.29, 1.82) is 0 Å². The quantitative estimate of drug-likeness (QED) is 0.333. The number of hydrogen-bond acceptors (Lipinski definition) is 2. The van der Waals surface area contributed by atoms with Gasteiger partial charge in [-0.3, -0.25) is 4.79 Å². The van der Waals surface area contributed by atoms with Crippen LogP contribution in [-0.4, -0.2) is 10.5 Å². The summed E-state index contributed by atoms with van der Waals surface area (Å²) in [5, 5.41) is 7.02. The van der Waals surface area contributed by atoms with Gasteiger partial charge in [0.1, 0.15) is 5.58 Å². The Morgan fingerprint density at radius 1 is 1.06 bits per heavy atom. The van der Waals surface area contributed by atoms with Crippen LogP contribution in [0, 0.1) is 13.8 Å². The Kier molecular flexibility index (Phi) is 4.75. The number of nitrogens with one attached hydrogen (secondary N) is 1. The lowest BCUT2D eigenvalue weighted by molar-refractivity contribution is -0.115. The number of amides is 1. The van der Waals surface area contributed by atoms with E-state index in [2.05, 4.69) is 47.1 Å². The third-order valence-corrected chi connectivity index (χ3v) is 6.60. The molecule has 0 fully saturated rings. The number of aryl methyl sites for hydroxylation is 3. The number of halogens is 1. The Hall–Kier alpha value is -3.24. The normalized spacial score (nSPS) is 11.6. The van der Waals surface area contributed by atoms with Crippen molar-refractivity contribution < 1.29 is 9.21 Å². The Morgan fingerprint density at radius 2 is 1.84 bits per heavy atom. The highest BCUT2D eigenvalue weighted by Gasteiger charge is 2.16. The molecule has 0 aliphatic rings. The third kappa shape index (κ3) is 3.19. The summed E-state index contributed by atoms with van der Waals surface area (Å²) in [5.41, 5.74) is 6.68. The lowest BCUT2D eigenvalue weighted by atomic mass is 10.0. The minimum atomic E-state index is -0.0858. The summed E-state index contributed by atoms with van der Waals surface area (Å²) in [6.45, 7) is 6.96. The molecule has 1 N–H and O–H groups in total. The first kappa shape index (κ1) is 19.7. The summed E-state index contributed by atoms with van der Waals surface area (Å²) in [7, 11) is 0. The fourth-order valence-electron chi connectivity index (χ4n) is 4.59. The van der Waals surface area contributed by atoms with E-state index < -0.39 is 0 Å². The predicted molar refractivity (Wildman–Crippen MR) is 128 cm³/mol. The molecule has 31 heavy (non-hydrogen) atoms. The van der Waals surface area contributed by atoms with E-state index in [0.29, 0.717) is 5.02 Å². The number of benzene rings is 3. The molecule has 0 saturated heterocycles. The Labute approximate surface area is 185 Å². The minimum Gasteiger partial charge on any atom is -0.464 e. The van der Waals surface area contributed by atoms with E-state index in [1.165, 1.54) is 16.4 Å². The lowest BCUT2D eigenvalue weighted by Gasteiger charge is -2.08. The molecule has 4 nitrogen and oxygen atoms in total. The number of hydrogen-bond donors (Lipinski definition) is 1. The maximum absolute atomic E-state index is 12.9. The molecule has 0 aliphatic heterocycles. The maximum atomic E-state index is 12.9. The van der Waals surface area contributed by atoms with Crippen LogP contribution in [0.5, 0.6) is 0 Å². The monoisotopic (exact) mass is 430 g/mol. The van der Waals surface area contributed by atoms with Gasteiger partial charge in [0, 0.05) is 50.0 Å². The predicted octanol–water partition coefficient (Wildman–Crippen LogP) is 7.01. The Morgan fingerprint density at radius 3 is 2.65 bits per heavy atom. The average Bonchev–Trinajstić information content (AvgIpc) is 3.30. The first-order valence-corrected chi connectivity index (χ1v) is 10.8. The van der Waals surface area contributed by atoms with Crippen molar-refractivity contribution in [1.82, 2.24) is 4.57 Å². The SMILES string of the molecule is CCn1c2ccccc2c2cc(NC(=O)Cc3coc4cc(C)c(Cl)c(C)c34)ccc21. The minimum absolute atomic E-state index is 0.0858. The van der Waals surface area contributed by atoms with Crippen LogP contribution >= 0.6 is 11.6 Å².